The van der Waals surface area contributed by atoms with Gasteiger partial charge in [0.15, 0.2) is 0 Å². The first-order valence-corrected chi connectivity index (χ1v) is 10.6. The van der Waals surface area contributed by atoms with E-state index in [-0.39, 0.29) is 17.5 Å². The van der Waals surface area contributed by atoms with Gasteiger partial charge in [0.25, 0.3) is 5.56 Å². The number of pyridine rings is 1. The molecule has 3 aromatic rings. The lowest BCUT2D eigenvalue weighted by atomic mass is 9.98. The lowest BCUT2D eigenvalue weighted by molar-refractivity contribution is -0.124. The number of nitriles is 1. The summed E-state index contributed by atoms with van der Waals surface area (Å²) in [7, 11) is 1.61. The predicted octanol–water partition coefficient (Wildman–Crippen LogP) is 2.38. The van der Waals surface area contributed by atoms with Crippen LogP contribution in [0.15, 0.2) is 41.2 Å². The summed E-state index contributed by atoms with van der Waals surface area (Å²) in [5, 5.41) is 18.1. The van der Waals surface area contributed by atoms with Gasteiger partial charge in [-0.15, -0.1) is 0 Å². The number of fused-ring (bicyclic) bond motifs is 5. The summed E-state index contributed by atoms with van der Waals surface area (Å²) in [6.45, 7) is 0. The van der Waals surface area contributed by atoms with E-state index in [1.165, 1.54) is 0 Å². The summed E-state index contributed by atoms with van der Waals surface area (Å²) in [6, 6.07) is 12.9. The van der Waals surface area contributed by atoms with E-state index in [0.29, 0.717) is 29.5 Å². The van der Waals surface area contributed by atoms with E-state index in [9.17, 15) is 14.9 Å². The van der Waals surface area contributed by atoms with Gasteiger partial charge in [-0.05, 0) is 60.4 Å². The highest BCUT2D eigenvalue weighted by Crippen LogP contribution is 2.35. The van der Waals surface area contributed by atoms with Gasteiger partial charge in [-0.3, -0.25) is 9.59 Å². The SMILES string of the molecule is COc1ccc2[nH]c(=O)c3cc(CC(C#N)NC(=O)C4NC5CCC4C5)ccc3c2c1. The number of piperidine rings is 1. The van der Waals surface area contributed by atoms with Crippen LogP contribution in [0.1, 0.15) is 24.8 Å². The molecule has 0 radical (unpaired) electrons. The van der Waals surface area contributed by atoms with E-state index in [2.05, 4.69) is 21.7 Å². The molecule has 0 spiro atoms. The number of H-pyrrole nitrogens is 1. The third kappa shape index (κ3) is 3.53. The van der Waals surface area contributed by atoms with E-state index < -0.39 is 6.04 Å². The number of hydrogen-bond acceptors (Lipinski definition) is 5. The van der Waals surface area contributed by atoms with Gasteiger partial charge in [0.1, 0.15) is 11.8 Å². The minimum Gasteiger partial charge on any atom is -0.497 e. The molecule has 2 fully saturated rings. The molecule has 2 aromatic carbocycles. The van der Waals surface area contributed by atoms with Gasteiger partial charge in [-0.1, -0.05) is 12.1 Å². The highest BCUT2D eigenvalue weighted by atomic mass is 16.5. The number of nitrogens with one attached hydrogen (secondary N) is 3. The molecule has 1 aliphatic heterocycles. The Labute approximate surface area is 179 Å². The molecule has 2 aliphatic rings. The number of nitrogens with zero attached hydrogens (tertiary/aromatic N) is 1. The van der Waals surface area contributed by atoms with E-state index in [0.717, 1.165) is 41.1 Å². The summed E-state index contributed by atoms with van der Waals surface area (Å²) < 4.78 is 5.32. The number of rotatable bonds is 5. The first kappa shape index (κ1) is 19.6. The van der Waals surface area contributed by atoms with Gasteiger partial charge in [0.05, 0.1) is 19.2 Å². The van der Waals surface area contributed by atoms with Crippen molar-refractivity contribution in [1.29, 1.82) is 5.26 Å². The lowest BCUT2D eigenvalue weighted by Gasteiger charge is -2.23. The fourth-order valence-electron chi connectivity index (χ4n) is 5.09. The Balaban J connectivity index is 1.40. The monoisotopic (exact) mass is 416 g/mol. The van der Waals surface area contributed by atoms with Crippen LogP contribution >= 0.6 is 0 Å². The molecule has 5 rings (SSSR count). The maximum absolute atomic E-state index is 12.7. The Morgan fingerprint density at radius 1 is 1.23 bits per heavy atom. The average Bonchev–Trinajstić information content (AvgIpc) is 3.42. The van der Waals surface area contributed by atoms with Crippen LogP contribution in [-0.4, -0.2) is 36.1 Å². The molecule has 4 atom stereocenters. The number of aromatic nitrogens is 1. The highest BCUT2D eigenvalue weighted by Gasteiger charge is 2.43. The Hall–Kier alpha value is -3.37. The summed E-state index contributed by atoms with van der Waals surface area (Å²) in [6.07, 6.45) is 3.58. The Morgan fingerprint density at radius 3 is 2.81 bits per heavy atom. The van der Waals surface area contributed by atoms with Crippen LogP contribution in [0.4, 0.5) is 0 Å². The van der Waals surface area contributed by atoms with Crippen molar-refractivity contribution in [3.63, 3.8) is 0 Å². The van der Waals surface area contributed by atoms with Gasteiger partial charge >= 0.3 is 0 Å². The second-order valence-corrected chi connectivity index (χ2v) is 8.55. The van der Waals surface area contributed by atoms with Gasteiger partial charge in [0, 0.05) is 28.8 Å². The normalized spacial score (nSPS) is 23.0. The standard InChI is InChI=1S/C24H24N4O3/c1-31-17-5-7-21-19(11-17)18-6-2-13(9-20(18)23(29)28-21)8-16(12-25)27-24(30)22-14-3-4-15(10-14)26-22/h2,5-7,9,11,14-16,22,26H,3-4,8,10H2,1H3,(H,27,30)(H,28,29). The van der Waals surface area contributed by atoms with Crippen molar-refractivity contribution in [2.45, 2.75) is 43.8 Å². The van der Waals surface area contributed by atoms with E-state index in [4.69, 9.17) is 4.74 Å². The predicted molar refractivity (Wildman–Crippen MR) is 118 cm³/mol. The quantitative estimate of drug-likeness (QED) is 0.554. The van der Waals surface area contributed by atoms with Crippen molar-refractivity contribution in [3.8, 4) is 11.8 Å². The van der Waals surface area contributed by atoms with Crippen LogP contribution in [0.3, 0.4) is 0 Å². The largest absolute Gasteiger partial charge is 0.497 e. The third-order valence-corrected chi connectivity index (χ3v) is 6.65. The van der Waals surface area contributed by atoms with Crippen LogP contribution < -0.4 is 20.9 Å². The molecule has 1 saturated carbocycles. The fraction of sp³-hybridized carbons (Fsp3) is 0.375. The van der Waals surface area contributed by atoms with Crippen molar-refractivity contribution in [1.82, 2.24) is 15.6 Å². The number of carbonyl (C=O) groups excluding carboxylic acids is 1. The molecular formula is C24H24N4O3. The minimum atomic E-state index is -0.648. The molecule has 1 aliphatic carbocycles. The molecule has 3 N–H and O–H groups in total. The highest BCUT2D eigenvalue weighted by molar-refractivity contribution is 6.05. The smallest absolute Gasteiger partial charge is 0.256 e. The van der Waals surface area contributed by atoms with Gasteiger partial charge < -0.3 is 20.4 Å². The number of amides is 1. The van der Waals surface area contributed by atoms with Crippen LogP contribution in [0.2, 0.25) is 0 Å². The zero-order valence-corrected chi connectivity index (χ0v) is 17.3. The lowest BCUT2D eigenvalue weighted by Crippen LogP contribution is -2.50. The summed E-state index contributed by atoms with van der Waals surface area (Å²) in [5.74, 6) is 0.982. The third-order valence-electron chi connectivity index (χ3n) is 6.65. The van der Waals surface area contributed by atoms with Gasteiger partial charge in [-0.2, -0.15) is 5.26 Å². The molecule has 7 nitrogen and oxygen atoms in total. The molecule has 31 heavy (non-hydrogen) atoms. The second kappa shape index (κ2) is 7.71. The molecule has 1 saturated heterocycles. The Kier molecular flexibility index (Phi) is 4.87. The zero-order valence-electron chi connectivity index (χ0n) is 17.3. The van der Waals surface area contributed by atoms with E-state index in [1.54, 1.807) is 13.2 Å². The molecule has 158 valence electrons. The average molecular weight is 416 g/mol. The van der Waals surface area contributed by atoms with Gasteiger partial charge in [-0.25, -0.2) is 0 Å². The van der Waals surface area contributed by atoms with E-state index >= 15 is 0 Å². The first-order chi connectivity index (χ1) is 15.1. The van der Waals surface area contributed by atoms with E-state index in [1.807, 2.05) is 30.3 Å². The number of aromatic amines is 1. The molecule has 7 heteroatoms. The number of methoxy groups -OCH3 is 1. The van der Waals surface area contributed by atoms with Gasteiger partial charge in [0.2, 0.25) is 5.91 Å². The Morgan fingerprint density at radius 2 is 2.10 bits per heavy atom. The molecule has 1 aromatic heterocycles. The minimum absolute atomic E-state index is 0.101. The molecular weight excluding hydrogens is 392 g/mol. The van der Waals surface area contributed by atoms with Crippen molar-refractivity contribution in [2.75, 3.05) is 7.11 Å². The van der Waals surface area contributed by atoms with Crippen LogP contribution in [-0.2, 0) is 11.2 Å². The zero-order chi connectivity index (χ0) is 21.5. The van der Waals surface area contributed by atoms with Crippen molar-refractivity contribution >= 4 is 27.6 Å². The van der Waals surface area contributed by atoms with Crippen LogP contribution in [0.5, 0.6) is 5.75 Å². The van der Waals surface area contributed by atoms with Crippen molar-refractivity contribution in [3.05, 3.63) is 52.3 Å². The maximum Gasteiger partial charge on any atom is 0.256 e. The summed E-state index contributed by atoms with van der Waals surface area (Å²) in [5.41, 5.74) is 1.39. The second-order valence-electron chi connectivity index (χ2n) is 8.55. The first-order valence-electron chi connectivity index (χ1n) is 10.6. The van der Waals surface area contributed by atoms with Crippen molar-refractivity contribution in [2.24, 2.45) is 5.92 Å². The molecule has 2 heterocycles. The summed E-state index contributed by atoms with van der Waals surface area (Å²) >= 11 is 0. The number of hydrogen-bond donors (Lipinski definition) is 3. The summed E-state index contributed by atoms with van der Waals surface area (Å²) in [4.78, 5) is 28.2. The number of ether oxygens (including phenoxy) is 1. The topological polar surface area (TPSA) is 107 Å². The fourth-order valence-corrected chi connectivity index (χ4v) is 5.09. The molecule has 4 unspecified atom stereocenters. The van der Waals surface area contributed by atoms with Crippen molar-refractivity contribution < 1.29 is 9.53 Å². The number of carbonyl (C=O) groups is 1. The maximum atomic E-state index is 12.7. The number of benzene rings is 2. The van der Waals surface area contributed by atoms with Crippen LogP contribution in [0.25, 0.3) is 21.7 Å². The molecule has 2 bridgehead atoms. The molecule has 1 amide bonds. The Bertz CT molecular complexity index is 1280. The van der Waals surface area contributed by atoms with Crippen LogP contribution in [0, 0.1) is 17.2 Å².